The fourth-order valence-corrected chi connectivity index (χ4v) is 2.48. The number of benzene rings is 1. The number of nitrogens with zero attached hydrogens (tertiary/aromatic N) is 1. The highest BCUT2D eigenvalue weighted by Gasteiger charge is 2.13. The molecule has 0 amide bonds. The maximum Gasteiger partial charge on any atom is 0.161 e. The molecular weight excluding hydrogens is 332 g/mol. The van der Waals surface area contributed by atoms with Gasteiger partial charge in [0.1, 0.15) is 4.60 Å². The van der Waals surface area contributed by atoms with Crippen LogP contribution >= 0.6 is 15.9 Å². The monoisotopic (exact) mass is 348 g/mol. The average Bonchev–Trinajstić information content (AvgIpc) is 2.74. The number of fused-ring (bicyclic) bond motifs is 1. The summed E-state index contributed by atoms with van der Waals surface area (Å²) < 4.78 is 12.2. The number of aromatic nitrogens is 1. The molecular formula is C16H17BrN2O2. The lowest BCUT2D eigenvalue weighted by molar-refractivity contribution is 0.297. The molecule has 4 nitrogen and oxygen atoms in total. The van der Waals surface area contributed by atoms with E-state index in [0.29, 0.717) is 13.2 Å². The molecule has 110 valence electrons. The van der Waals surface area contributed by atoms with Crippen molar-refractivity contribution in [3.63, 3.8) is 0 Å². The Kier molecular flexibility index (Phi) is 4.29. The summed E-state index contributed by atoms with van der Waals surface area (Å²) in [6.45, 7) is 3.53. The molecule has 1 aromatic carbocycles. The zero-order valence-corrected chi connectivity index (χ0v) is 13.4. The summed E-state index contributed by atoms with van der Waals surface area (Å²) in [4.78, 5) is 4.22. The van der Waals surface area contributed by atoms with Crippen LogP contribution in [0.3, 0.4) is 0 Å². The standard InChI is InChI=1S/C16H17BrN2O2/c1-11(19-13-4-6-16(17)18-10-13)12-3-5-14-15(9-12)21-8-2-7-20-14/h3-6,9-11,19H,2,7-8H2,1H3. The highest BCUT2D eigenvalue weighted by molar-refractivity contribution is 9.10. The lowest BCUT2D eigenvalue weighted by Gasteiger charge is -2.17. The third-order valence-electron chi connectivity index (χ3n) is 3.38. The number of anilines is 1. The molecule has 1 aliphatic rings. The molecule has 1 aromatic heterocycles. The summed E-state index contributed by atoms with van der Waals surface area (Å²) in [6, 6.07) is 10.2. The van der Waals surface area contributed by atoms with Crippen LogP contribution in [0.1, 0.15) is 24.9 Å². The largest absolute Gasteiger partial charge is 0.490 e. The van der Waals surface area contributed by atoms with Crippen molar-refractivity contribution in [3.05, 3.63) is 46.7 Å². The first-order chi connectivity index (χ1) is 10.2. The fourth-order valence-electron chi connectivity index (χ4n) is 2.24. The van der Waals surface area contributed by atoms with E-state index in [-0.39, 0.29) is 6.04 Å². The topological polar surface area (TPSA) is 43.4 Å². The van der Waals surface area contributed by atoms with Crippen LogP contribution in [0, 0.1) is 0 Å². The zero-order chi connectivity index (χ0) is 14.7. The van der Waals surface area contributed by atoms with Gasteiger partial charge in [-0.25, -0.2) is 4.98 Å². The first-order valence-electron chi connectivity index (χ1n) is 7.00. The van der Waals surface area contributed by atoms with Crippen molar-refractivity contribution in [3.8, 4) is 11.5 Å². The van der Waals surface area contributed by atoms with Crippen molar-refractivity contribution in [1.82, 2.24) is 4.98 Å². The van der Waals surface area contributed by atoms with Crippen molar-refractivity contribution in [1.29, 1.82) is 0 Å². The number of halogens is 1. The Morgan fingerprint density at radius 3 is 2.71 bits per heavy atom. The van der Waals surface area contributed by atoms with Crippen LogP contribution in [-0.4, -0.2) is 18.2 Å². The molecule has 5 heteroatoms. The molecule has 1 unspecified atom stereocenters. The van der Waals surface area contributed by atoms with Gasteiger partial charge in [-0.05, 0) is 52.7 Å². The molecule has 21 heavy (non-hydrogen) atoms. The fraction of sp³-hybridized carbons (Fsp3) is 0.312. The van der Waals surface area contributed by atoms with Crippen LogP contribution in [-0.2, 0) is 0 Å². The predicted octanol–water partition coefficient (Wildman–Crippen LogP) is 4.18. The Morgan fingerprint density at radius 1 is 1.14 bits per heavy atom. The Labute approximate surface area is 132 Å². The molecule has 0 saturated carbocycles. The van der Waals surface area contributed by atoms with E-state index in [0.717, 1.165) is 33.8 Å². The van der Waals surface area contributed by atoms with Gasteiger partial charge in [0.15, 0.2) is 11.5 Å². The van der Waals surface area contributed by atoms with Gasteiger partial charge in [-0.1, -0.05) is 6.07 Å². The van der Waals surface area contributed by atoms with Crippen LogP contribution in [0.5, 0.6) is 11.5 Å². The third-order valence-corrected chi connectivity index (χ3v) is 3.85. The van der Waals surface area contributed by atoms with Gasteiger partial charge in [-0.15, -0.1) is 0 Å². The quantitative estimate of drug-likeness (QED) is 0.845. The van der Waals surface area contributed by atoms with Gasteiger partial charge < -0.3 is 14.8 Å². The van der Waals surface area contributed by atoms with E-state index >= 15 is 0 Å². The van der Waals surface area contributed by atoms with Gasteiger partial charge >= 0.3 is 0 Å². The maximum absolute atomic E-state index is 5.73. The van der Waals surface area contributed by atoms with Crippen molar-refractivity contribution in [2.45, 2.75) is 19.4 Å². The van der Waals surface area contributed by atoms with Crippen LogP contribution in [0.2, 0.25) is 0 Å². The second kappa shape index (κ2) is 6.35. The minimum Gasteiger partial charge on any atom is -0.490 e. The number of pyridine rings is 1. The summed E-state index contributed by atoms with van der Waals surface area (Å²) in [6.07, 6.45) is 2.73. The lowest BCUT2D eigenvalue weighted by atomic mass is 10.1. The summed E-state index contributed by atoms with van der Waals surface area (Å²) in [5, 5.41) is 3.43. The van der Waals surface area contributed by atoms with Gasteiger partial charge in [-0.3, -0.25) is 0 Å². The maximum atomic E-state index is 5.73. The van der Waals surface area contributed by atoms with E-state index in [1.165, 1.54) is 0 Å². The Balaban J connectivity index is 1.76. The molecule has 0 saturated heterocycles. The first kappa shape index (κ1) is 14.2. The zero-order valence-electron chi connectivity index (χ0n) is 11.8. The first-order valence-corrected chi connectivity index (χ1v) is 7.79. The lowest BCUT2D eigenvalue weighted by Crippen LogP contribution is -2.07. The number of hydrogen-bond donors (Lipinski definition) is 1. The van der Waals surface area contributed by atoms with Crippen molar-refractivity contribution >= 4 is 21.6 Å². The van der Waals surface area contributed by atoms with Gasteiger partial charge in [0.25, 0.3) is 0 Å². The van der Waals surface area contributed by atoms with Crippen LogP contribution in [0.4, 0.5) is 5.69 Å². The van der Waals surface area contributed by atoms with E-state index in [1.54, 1.807) is 0 Å². The van der Waals surface area contributed by atoms with Gasteiger partial charge in [-0.2, -0.15) is 0 Å². The van der Waals surface area contributed by atoms with Crippen LogP contribution in [0.15, 0.2) is 41.1 Å². The molecule has 1 atom stereocenters. The molecule has 0 spiro atoms. The highest BCUT2D eigenvalue weighted by atomic mass is 79.9. The molecule has 0 bridgehead atoms. The second-order valence-electron chi connectivity index (χ2n) is 4.99. The van der Waals surface area contributed by atoms with Gasteiger partial charge in [0, 0.05) is 12.5 Å². The minimum absolute atomic E-state index is 0.158. The Hall–Kier alpha value is -1.75. The normalized spacial score (nSPS) is 15.1. The molecule has 1 aliphatic heterocycles. The summed E-state index contributed by atoms with van der Waals surface area (Å²) >= 11 is 3.34. The smallest absolute Gasteiger partial charge is 0.161 e. The average molecular weight is 349 g/mol. The molecule has 2 heterocycles. The molecule has 0 fully saturated rings. The second-order valence-corrected chi connectivity index (χ2v) is 5.80. The van der Waals surface area contributed by atoms with Gasteiger partial charge in [0.05, 0.1) is 25.1 Å². The summed E-state index contributed by atoms with van der Waals surface area (Å²) in [7, 11) is 0. The molecule has 3 rings (SSSR count). The van der Waals surface area contributed by atoms with E-state index in [2.05, 4.69) is 39.2 Å². The summed E-state index contributed by atoms with van der Waals surface area (Å²) in [5.41, 5.74) is 2.14. The predicted molar refractivity (Wildman–Crippen MR) is 86.0 cm³/mol. The van der Waals surface area contributed by atoms with Crippen LogP contribution < -0.4 is 14.8 Å². The molecule has 0 radical (unpaired) electrons. The molecule has 0 aliphatic carbocycles. The molecule has 1 N–H and O–H groups in total. The van der Waals surface area contributed by atoms with E-state index in [1.807, 2.05) is 30.5 Å². The van der Waals surface area contributed by atoms with Gasteiger partial charge in [0.2, 0.25) is 0 Å². The number of ether oxygens (including phenoxy) is 2. The number of rotatable bonds is 3. The van der Waals surface area contributed by atoms with Crippen molar-refractivity contribution < 1.29 is 9.47 Å². The summed E-state index contributed by atoms with van der Waals surface area (Å²) in [5.74, 6) is 1.65. The van der Waals surface area contributed by atoms with E-state index in [9.17, 15) is 0 Å². The minimum atomic E-state index is 0.158. The van der Waals surface area contributed by atoms with E-state index in [4.69, 9.17) is 9.47 Å². The molecule has 2 aromatic rings. The van der Waals surface area contributed by atoms with Crippen molar-refractivity contribution in [2.75, 3.05) is 18.5 Å². The SMILES string of the molecule is CC(Nc1ccc(Br)nc1)c1ccc2c(c1)OCCCO2. The van der Waals surface area contributed by atoms with E-state index < -0.39 is 0 Å². The Bertz CT molecular complexity index is 616. The number of nitrogens with one attached hydrogen (secondary N) is 1. The highest BCUT2D eigenvalue weighted by Crippen LogP contribution is 2.33. The van der Waals surface area contributed by atoms with Crippen molar-refractivity contribution in [2.24, 2.45) is 0 Å². The number of hydrogen-bond acceptors (Lipinski definition) is 4. The Morgan fingerprint density at radius 2 is 1.95 bits per heavy atom. The van der Waals surface area contributed by atoms with Crippen LogP contribution in [0.25, 0.3) is 0 Å². The third kappa shape index (κ3) is 3.47.